The monoisotopic (exact) mass is 237 g/mol. The van der Waals surface area contributed by atoms with Crippen LogP contribution in [0.1, 0.15) is 25.5 Å². The summed E-state index contributed by atoms with van der Waals surface area (Å²) in [5.41, 5.74) is 1.09. The number of hydrogen-bond donors (Lipinski definition) is 1. The predicted molar refractivity (Wildman–Crippen MR) is 66.1 cm³/mol. The Morgan fingerprint density at radius 1 is 1.29 bits per heavy atom. The van der Waals surface area contributed by atoms with Crippen molar-refractivity contribution in [1.29, 1.82) is 0 Å². The van der Waals surface area contributed by atoms with E-state index in [9.17, 15) is 0 Å². The second-order valence-electron chi connectivity index (χ2n) is 4.43. The van der Waals surface area contributed by atoms with Crippen LogP contribution in [0.25, 0.3) is 0 Å². The lowest BCUT2D eigenvalue weighted by Gasteiger charge is -2.17. The molecule has 0 fully saturated rings. The molecular formula is C13H19NO3. The quantitative estimate of drug-likeness (QED) is 0.871. The number of methoxy groups -OCH3 is 2. The van der Waals surface area contributed by atoms with Gasteiger partial charge in [0.25, 0.3) is 0 Å². The van der Waals surface area contributed by atoms with Crippen LogP contribution in [0, 0.1) is 0 Å². The van der Waals surface area contributed by atoms with Crippen molar-refractivity contribution in [2.75, 3.05) is 20.8 Å². The Balaban J connectivity index is 2.37. The second-order valence-corrected chi connectivity index (χ2v) is 4.43. The highest BCUT2D eigenvalue weighted by atomic mass is 16.5. The van der Waals surface area contributed by atoms with Crippen LogP contribution in [0.4, 0.5) is 0 Å². The van der Waals surface area contributed by atoms with E-state index in [1.807, 2.05) is 12.1 Å². The van der Waals surface area contributed by atoms with Crippen molar-refractivity contribution in [3.63, 3.8) is 0 Å². The van der Waals surface area contributed by atoms with Crippen molar-refractivity contribution in [2.24, 2.45) is 0 Å². The topological polar surface area (TPSA) is 39.7 Å². The van der Waals surface area contributed by atoms with Crippen LogP contribution in [-0.4, -0.2) is 26.9 Å². The van der Waals surface area contributed by atoms with Crippen molar-refractivity contribution in [1.82, 2.24) is 5.32 Å². The van der Waals surface area contributed by atoms with Crippen LogP contribution in [0.2, 0.25) is 0 Å². The van der Waals surface area contributed by atoms with Gasteiger partial charge < -0.3 is 19.5 Å². The fourth-order valence-electron chi connectivity index (χ4n) is 2.12. The van der Waals surface area contributed by atoms with Crippen molar-refractivity contribution in [3.8, 4) is 17.2 Å². The van der Waals surface area contributed by atoms with Crippen molar-refractivity contribution in [3.05, 3.63) is 17.7 Å². The number of ether oxygens (including phenoxy) is 3. The highest BCUT2D eigenvalue weighted by Crippen LogP contribution is 2.42. The number of benzene rings is 1. The first-order valence-electron chi connectivity index (χ1n) is 5.80. The molecule has 4 heteroatoms. The Morgan fingerprint density at radius 2 is 2.06 bits per heavy atom. The second kappa shape index (κ2) is 4.84. The molecule has 1 heterocycles. The molecule has 1 aliphatic heterocycles. The van der Waals surface area contributed by atoms with E-state index in [0.29, 0.717) is 12.6 Å². The molecule has 0 aliphatic carbocycles. The van der Waals surface area contributed by atoms with Crippen LogP contribution in [0.5, 0.6) is 17.2 Å². The number of hydrogen-bond acceptors (Lipinski definition) is 4. The van der Waals surface area contributed by atoms with E-state index in [0.717, 1.165) is 22.8 Å². The lowest BCUT2D eigenvalue weighted by atomic mass is 10.1. The Hall–Kier alpha value is -1.42. The summed E-state index contributed by atoms with van der Waals surface area (Å²) in [5, 5.41) is 3.46. The lowest BCUT2D eigenvalue weighted by molar-refractivity contribution is 0.301. The Morgan fingerprint density at radius 3 is 2.65 bits per heavy atom. The Bertz CT molecular complexity index is 404. The maximum absolute atomic E-state index is 5.67. The third-order valence-electron chi connectivity index (χ3n) is 2.82. The van der Waals surface area contributed by atoms with E-state index in [2.05, 4.69) is 19.2 Å². The molecule has 0 spiro atoms. The molecule has 1 aromatic rings. The van der Waals surface area contributed by atoms with Gasteiger partial charge in [0.2, 0.25) is 0 Å². The normalized spacial score (nSPS) is 17.8. The summed E-state index contributed by atoms with van der Waals surface area (Å²) in [5.74, 6) is 2.42. The van der Waals surface area contributed by atoms with E-state index in [1.165, 1.54) is 0 Å². The fraction of sp³-hybridized carbons (Fsp3) is 0.538. The SMILES string of the molecule is COc1cc(OC)c2c(c1)OCC2NC(C)C. The zero-order valence-electron chi connectivity index (χ0n) is 10.7. The van der Waals surface area contributed by atoms with Crippen LogP contribution in [0.15, 0.2) is 12.1 Å². The molecular weight excluding hydrogens is 218 g/mol. The summed E-state index contributed by atoms with van der Waals surface area (Å²) in [7, 11) is 3.31. The summed E-state index contributed by atoms with van der Waals surface area (Å²) >= 11 is 0. The Kier molecular flexibility index (Phi) is 3.43. The highest BCUT2D eigenvalue weighted by Gasteiger charge is 2.29. The van der Waals surface area contributed by atoms with Gasteiger partial charge in [-0.2, -0.15) is 0 Å². The average molecular weight is 237 g/mol. The summed E-state index contributed by atoms with van der Waals surface area (Å²) in [6.07, 6.45) is 0. The van der Waals surface area contributed by atoms with Crippen LogP contribution in [-0.2, 0) is 0 Å². The van der Waals surface area contributed by atoms with E-state index < -0.39 is 0 Å². The van der Waals surface area contributed by atoms with E-state index in [-0.39, 0.29) is 6.04 Å². The maximum Gasteiger partial charge on any atom is 0.131 e. The standard InChI is InChI=1S/C13H19NO3/c1-8(2)14-10-7-17-12-6-9(15-3)5-11(16-4)13(10)12/h5-6,8,10,14H,7H2,1-4H3. The van der Waals surface area contributed by atoms with E-state index >= 15 is 0 Å². The number of fused-ring (bicyclic) bond motifs is 1. The van der Waals surface area contributed by atoms with Gasteiger partial charge in [0.15, 0.2) is 0 Å². The third-order valence-corrected chi connectivity index (χ3v) is 2.82. The third kappa shape index (κ3) is 2.31. The van der Waals surface area contributed by atoms with Crippen molar-refractivity contribution < 1.29 is 14.2 Å². The minimum atomic E-state index is 0.186. The van der Waals surface area contributed by atoms with Crippen molar-refractivity contribution >= 4 is 0 Å². The zero-order chi connectivity index (χ0) is 12.4. The molecule has 0 saturated carbocycles. The molecule has 1 N–H and O–H groups in total. The minimum Gasteiger partial charge on any atom is -0.496 e. The lowest BCUT2D eigenvalue weighted by Crippen LogP contribution is -2.29. The largest absolute Gasteiger partial charge is 0.496 e. The first-order valence-corrected chi connectivity index (χ1v) is 5.80. The molecule has 1 aliphatic rings. The molecule has 0 amide bonds. The molecule has 17 heavy (non-hydrogen) atoms. The van der Waals surface area contributed by atoms with Crippen LogP contribution in [0.3, 0.4) is 0 Å². The summed E-state index contributed by atoms with van der Waals surface area (Å²) < 4.78 is 16.3. The smallest absolute Gasteiger partial charge is 0.131 e. The van der Waals surface area contributed by atoms with Gasteiger partial charge in [-0.25, -0.2) is 0 Å². The van der Waals surface area contributed by atoms with Gasteiger partial charge in [-0.3, -0.25) is 0 Å². The molecule has 0 bridgehead atoms. The fourth-order valence-corrected chi connectivity index (χ4v) is 2.12. The first-order chi connectivity index (χ1) is 8.15. The molecule has 1 aromatic carbocycles. The van der Waals surface area contributed by atoms with Gasteiger partial charge >= 0.3 is 0 Å². The zero-order valence-corrected chi connectivity index (χ0v) is 10.7. The number of nitrogens with one attached hydrogen (secondary N) is 1. The molecule has 1 unspecified atom stereocenters. The van der Waals surface area contributed by atoms with Gasteiger partial charge in [0.1, 0.15) is 23.9 Å². The average Bonchev–Trinajstić information content (AvgIpc) is 2.70. The number of rotatable bonds is 4. The molecule has 1 atom stereocenters. The first kappa shape index (κ1) is 12.0. The van der Waals surface area contributed by atoms with E-state index in [1.54, 1.807) is 14.2 Å². The minimum absolute atomic E-state index is 0.186. The molecule has 0 radical (unpaired) electrons. The predicted octanol–water partition coefficient (Wildman–Crippen LogP) is 2.14. The maximum atomic E-state index is 5.67. The molecule has 2 rings (SSSR count). The van der Waals surface area contributed by atoms with Gasteiger partial charge in [0.05, 0.1) is 25.8 Å². The highest BCUT2D eigenvalue weighted by molar-refractivity contribution is 5.54. The summed E-state index contributed by atoms with van der Waals surface area (Å²) in [4.78, 5) is 0. The Labute approximate surface area is 102 Å². The molecule has 4 nitrogen and oxygen atoms in total. The van der Waals surface area contributed by atoms with Crippen LogP contribution >= 0.6 is 0 Å². The molecule has 0 saturated heterocycles. The summed E-state index contributed by atoms with van der Waals surface area (Å²) in [6, 6.07) is 4.38. The molecule has 0 aromatic heterocycles. The van der Waals surface area contributed by atoms with Gasteiger partial charge in [-0.05, 0) is 0 Å². The van der Waals surface area contributed by atoms with Crippen LogP contribution < -0.4 is 19.5 Å². The van der Waals surface area contributed by atoms with Gasteiger partial charge in [0, 0.05) is 18.2 Å². The van der Waals surface area contributed by atoms with Gasteiger partial charge in [-0.15, -0.1) is 0 Å². The summed E-state index contributed by atoms with van der Waals surface area (Å²) in [6.45, 7) is 4.87. The van der Waals surface area contributed by atoms with Gasteiger partial charge in [-0.1, -0.05) is 13.8 Å². The van der Waals surface area contributed by atoms with Crippen molar-refractivity contribution in [2.45, 2.75) is 25.9 Å². The molecule has 94 valence electrons. The van der Waals surface area contributed by atoms with E-state index in [4.69, 9.17) is 14.2 Å².